The summed E-state index contributed by atoms with van der Waals surface area (Å²) in [5.74, 6) is 1.75. The van der Waals surface area contributed by atoms with Crippen molar-refractivity contribution in [3.8, 4) is 0 Å². The van der Waals surface area contributed by atoms with Crippen molar-refractivity contribution in [1.82, 2.24) is 19.9 Å². The highest BCUT2D eigenvalue weighted by molar-refractivity contribution is 5.89. The molecule has 0 aliphatic carbocycles. The number of aryl methyl sites for hydroxylation is 1. The van der Waals surface area contributed by atoms with Crippen LogP contribution in [0.5, 0.6) is 0 Å². The number of amides is 2. The van der Waals surface area contributed by atoms with Crippen LogP contribution in [-0.2, 0) is 9.59 Å². The molecular weight excluding hydrogens is 308 g/mol. The molecule has 0 spiro atoms. The monoisotopic (exact) mass is 334 g/mol. The second-order valence-electron chi connectivity index (χ2n) is 7.40. The lowest BCUT2D eigenvalue weighted by atomic mass is 9.96. The van der Waals surface area contributed by atoms with Crippen LogP contribution in [0.3, 0.4) is 0 Å². The summed E-state index contributed by atoms with van der Waals surface area (Å²) in [5, 5.41) is 3.85. The smallest absolute Gasteiger partial charge is 0.231 e. The van der Waals surface area contributed by atoms with E-state index in [1.54, 1.807) is 6.92 Å². The summed E-state index contributed by atoms with van der Waals surface area (Å²) in [5.41, 5.74) is 0. The maximum Gasteiger partial charge on any atom is 0.231 e. The normalized spacial score (nSPS) is 24.9. The molecule has 2 amide bonds. The number of piperidine rings is 1. The van der Waals surface area contributed by atoms with Crippen LogP contribution in [0.4, 0.5) is 0 Å². The van der Waals surface area contributed by atoms with Gasteiger partial charge in [0.25, 0.3) is 0 Å². The van der Waals surface area contributed by atoms with E-state index in [2.05, 4.69) is 24.0 Å². The molecule has 2 aliphatic heterocycles. The maximum atomic E-state index is 12.8. The summed E-state index contributed by atoms with van der Waals surface area (Å²) in [6, 6.07) is 0. The molecule has 0 N–H and O–H groups in total. The zero-order valence-corrected chi connectivity index (χ0v) is 14.7. The average molecular weight is 334 g/mol. The molecule has 0 aromatic carbocycles. The number of hydrogen-bond donors (Lipinski definition) is 0. The van der Waals surface area contributed by atoms with E-state index in [4.69, 9.17) is 4.52 Å². The first kappa shape index (κ1) is 16.9. The standard InChI is InChI=1S/C17H26N4O3/c1-11(2)8-21-10-14(7-15(21)22)17(23)20-6-4-5-13(9-20)16-18-12(3)19-24-16/h11,13-14H,4-10H2,1-3H3/t13-,14-/m0/s1. The molecule has 2 fully saturated rings. The van der Waals surface area contributed by atoms with Crippen molar-refractivity contribution < 1.29 is 14.1 Å². The topological polar surface area (TPSA) is 79.5 Å². The minimum absolute atomic E-state index is 0.0931. The van der Waals surface area contributed by atoms with Crippen LogP contribution in [0, 0.1) is 18.8 Å². The number of carbonyl (C=O) groups excluding carboxylic acids is 2. The van der Waals surface area contributed by atoms with E-state index in [0.29, 0.717) is 37.1 Å². The molecule has 3 heterocycles. The first-order valence-corrected chi connectivity index (χ1v) is 8.80. The predicted molar refractivity (Wildman–Crippen MR) is 87.1 cm³/mol. The van der Waals surface area contributed by atoms with Gasteiger partial charge in [0, 0.05) is 32.6 Å². The minimum Gasteiger partial charge on any atom is -0.342 e. The molecule has 24 heavy (non-hydrogen) atoms. The fourth-order valence-electron chi connectivity index (χ4n) is 3.67. The Morgan fingerprint density at radius 1 is 1.38 bits per heavy atom. The molecule has 132 valence electrons. The van der Waals surface area contributed by atoms with E-state index in [9.17, 15) is 9.59 Å². The highest BCUT2D eigenvalue weighted by Gasteiger charge is 2.38. The van der Waals surface area contributed by atoms with E-state index in [0.717, 1.165) is 25.9 Å². The van der Waals surface area contributed by atoms with Crippen LogP contribution in [0.25, 0.3) is 0 Å². The van der Waals surface area contributed by atoms with Crippen LogP contribution in [0.1, 0.15) is 50.7 Å². The summed E-state index contributed by atoms with van der Waals surface area (Å²) in [7, 11) is 0. The van der Waals surface area contributed by atoms with Crippen molar-refractivity contribution in [2.75, 3.05) is 26.2 Å². The maximum absolute atomic E-state index is 12.8. The third-order valence-electron chi connectivity index (χ3n) is 4.77. The van der Waals surface area contributed by atoms with E-state index < -0.39 is 0 Å². The Hall–Kier alpha value is -1.92. The first-order chi connectivity index (χ1) is 11.4. The van der Waals surface area contributed by atoms with Crippen molar-refractivity contribution in [3.63, 3.8) is 0 Å². The van der Waals surface area contributed by atoms with Crippen LogP contribution < -0.4 is 0 Å². The van der Waals surface area contributed by atoms with E-state index >= 15 is 0 Å². The Balaban J connectivity index is 1.61. The summed E-state index contributed by atoms with van der Waals surface area (Å²) < 4.78 is 5.27. The van der Waals surface area contributed by atoms with Crippen LogP contribution in [0.2, 0.25) is 0 Å². The van der Waals surface area contributed by atoms with E-state index in [1.807, 2.05) is 9.80 Å². The number of hydrogen-bond acceptors (Lipinski definition) is 5. The van der Waals surface area contributed by atoms with Gasteiger partial charge in [-0.25, -0.2) is 0 Å². The largest absolute Gasteiger partial charge is 0.342 e. The van der Waals surface area contributed by atoms with Crippen molar-refractivity contribution in [3.05, 3.63) is 11.7 Å². The second-order valence-corrected chi connectivity index (χ2v) is 7.40. The molecule has 0 bridgehead atoms. The molecule has 7 nitrogen and oxygen atoms in total. The minimum atomic E-state index is -0.209. The number of carbonyl (C=O) groups is 2. The fraction of sp³-hybridized carbons (Fsp3) is 0.765. The molecular formula is C17H26N4O3. The van der Waals surface area contributed by atoms with E-state index in [1.165, 1.54) is 0 Å². The van der Waals surface area contributed by atoms with Crippen molar-refractivity contribution in [2.45, 2.75) is 46.0 Å². The lowest BCUT2D eigenvalue weighted by molar-refractivity contribution is -0.137. The summed E-state index contributed by atoms with van der Waals surface area (Å²) in [6.45, 7) is 8.61. The molecule has 3 rings (SSSR count). The molecule has 0 saturated carbocycles. The van der Waals surface area contributed by atoms with Gasteiger partial charge in [0.15, 0.2) is 5.82 Å². The number of nitrogens with zero attached hydrogens (tertiary/aromatic N) is 4. The molecule has 1 aromatic rings. The highest BCUT2D eigenvalue weighted by atomic mass is 16.5. The summed E-state index contributed by atoms with van der Waals surface area (Å²) in [4.78, 5) is 33.0. The van der Waals surface area contributed by atoms with Gasteiger partial charge < -0.3 is 14.3 Å². The van der Waals surface area contributed by atoms with Gasteiger partial charge in [-0.3, -0.25) is 9.59 Å². The number of rotatable bonds is 4. The zero-order valence-electron chi connectivity index (χ0n) is 14.7. The lowest BCUT2D eigenvalue weighted by Gasteiger charge is -2.32. The van der Waals surface area contributed by atoms with Gasteiger partial charge in [0.2, 0.25) is 17.7 Å². The number of likely N-dealkylation sites (tertiary alicyclic amines) is 2. The quantitative estimate of drug-likeness (QED) is 0.835. The summed E-state index contributed by atoms with van der Waals surface area (Å²) >= 11 is 0. The third kappa shape index (κ3) is 3.60. The second kappa shape index (κ2) is 6.91. The van der Waals surface area contributed by atoms with Crippen LogP contribution >= 0.6 is 0 Å². The Bertz CT molecular complexity index is 613. The molecule has 2 atom stereocenters. The van der Waals surface area contributed by atoms with Crippen molar-refractivity contribution >= 4 is 11.8 Å². The zero-order chi connectivity index (χ0) is 17.3. The molecule has 0 unspecified atom stereocenters. The molecule has 1 aromatic heterocycles. The summed E-state index contributed by atoms with van der Waals surface area (Å²) in [6.07, 6.45) is 2.22. The Morgan fingerprint density at radius 2 is 2.17 bits per heavy atom. The van der Waals surface area contributed by atoms with Crippen molar-refractivity contribution in [2.24, 2.45) is 11.8 Å². The Kier molecular flexibility index (Phi) is 4.87. The van der Waals surface area contributed by atoms with Gasteiger partial charge >= 0.3 is 0 Å². The Labute approximate surface area is 142 Å². The van der Waals surface area contributed by atoms with Gasteiger partial charge in [-0.1, -0.05) is 19.0 Å². The van der Waals surface area contributed by atoms with Crippen molar-refractivity contribution in [1.29, 1.82) is 0 Å². The lowest BCUT2D eigenvalue weighted by Crippen LogP contribution is -2.43. The van der Waals surface area contributed by atoms with Gasteiger partial charge in [-0.05, 0) is 25.7 Å². The molecule has 2 saturated heterocycles. The number of aromatic nitrogens is 2. The average Bonchev–Trinajstić information content (AvgIpc) is 3.13. The Morgan fingerprint density at radius 3 is 2.83 bits per heavy atom. The highest BCUT2D eigenvalue weighted by Crippen LogP contribution is 2.28. The van der Waals surface area contributed by atoms with Gasteiger partial charge in [0.05, 0.1) is 11.8 Å². The van der Waals surface area contributed by atoms with Gasteiger partial charge in [0.1, 0.15) is 0 Å². The van der Waals surface area contributed by atoms with Gasteiger partial charge in [-0.2, -0.15) is 4.98 Å². The molecule has 0 radical (unpaired) electrons. The molecule has 7 heteroatoms. The van der Waals surface area contributed by atoms with Crippen LogP contribution in [0.15, 0.2) is 4.52 Å². The first-order valence-electron chi connectivity index (χ1n) is 8.80. The third-order valence-corrected chi connectivity index (χ3v) is 4.77. The van der Waals surface area contributed by atoms with Crippen LogP contribution in [-0.4, -0.2) is 57.9 Å². The SMILES string of the molecule is Cc1noc([C@H]2CCCN(C(=O)[C@H]3CC(=O)N(CC(C)C)C3)C2)n1. The fourth-order valence-corrected chi connectivity index (χ4v) is 3.67. The molecule has 2 aliphatic rings. The van der Waals surface area contributed by atoms with Gasteiger partial charge in [-0.15, -0.1) is 0 Å². The predicted octanol–water partition coefficient (Wildman–Crippen LogP) is 1.59. The van der Waals surface area contributed by atoms with E-state index in [-0.39, 0.29) is 23.7 Å².